The SMILES string of the molecule is NC(=O)CS(=O)(=O)c1ccc(C(=O)O)o1. The van der Waals surface area contributed by atoms with Gasteiger partial charge in [-0.25, -0.2) is 13.2 Å². The van der Waals surface area contributed by atoms with Crippen molar-refractivity contribution in [2.24, 2.45) is 5.73 Å². The minimum absolute atomic E-state index is 0.516. The highest BCUT2D eigenvalue weighted by molar-refractivity contribution is 7.92. The van der Waals surface area contributed by atoms with E-state index >= 15 is 0 Å². The molecule has 7 nitrogen and oxygen atoms in total. The third kappa shape index (κ3) is 2.56. The molecule has 0 aromatic carbocycles. The summed E-state index contributed by atoms with van der Waals surface area (Å²) in [5.41, 5.74) is 4.71. The van der Waals surface area contributed by atoms with Gasteiger partial charge in [0.25, 0.3) is 0 Å². The highest BCUT2D eigenvalue weighted by Gasteiger charge is 2.23. The fourth-order valence-electron chi connectivity index (χ4n) is 0.861. The average Bonchev–Trinajstić information content (AvgIpc) is 2.48. The standard InChI is InChI=1S/C7H7NO6S/c8-5(9)3-15(12,13)6-2-1-4(14-6)7(10)11/h1-2H,3H2,(H2,8,9)(H,10,11). The molecule has 0 fully saturated rings. The van der Waals surface area contributed by atoms with Crippen molar-refractivity contribution in [3.63, 3.8) is 0 Å². The Kier molecular flexibility index (Phi) is 2.80. The number of aromatic carboxylic acids is 1. The molecular weight excluding hydrogens is 226 g/mol. The maximum atomic E-state index is 11.3. The summed E-state index contributed by atoms with van der Waals surface area (Å²) in [4.78, 5) is 20.8. The molecule has 3 N–H and O–H groups in total. The Balaban J connectivity index is 3.06. The Morgan fingerprint density at radius 2 is 2.00 bits per heavy atom. The largest absolute Gasteiger partial charge is 0.475 e. The van der Waals surface area contributed by atoms with E-state index in [9.17, 15) is 18.0 Å². The third-order valence-corrected chi connectivity index (χ3v) is 2.93. The first-order valence-corrected chi connectivity index (χ1v) is 5.32. The summed E-state index contributed by atoms with van der Waals surface area (Å²) in [5.74, 6) is -3.86. The van der Waals surface area contributed by atoms with Gasteiger partial charge in [-0.15, -0.1) is 0 Å². The number of carbonyl (C=O) groups excluding carboxylic acids is 1. The van der Waals surface area contributed by atoms with Crippen molar-refractivity contribution >= 4 is 21.7 Å². The van der Waals surface area contributed by atoms with E-state index in [0.29, 0.717) is 0 Å². The highest BCUT2D eigenvalue weighted by Crippen LogP contribution is 2.15. The van der Waals surface area contributed by atoms with Crippen molar-refractivity contribution in [3.05, 3.63) is 17.9 Å². The summed E-state index contributed by atoms with van der Waals surface area (Å²) in [6.45, 7) is 0. The fourth-order valence-corrected chi connectivity index (χ4v) is 1.87. The first kappa shape index (κ1) is 11.2. The van der Waals surface area contributed by atoms with Crippen LogP contribution in [0, 0.1) is 0 Å². The van der Waals surface area contributed by atoms with Crippen LogP contribution in [0.2, 0.25) is 0 Å². The van der Waals surface area contributed by atoms with Gasteiger partial charge in [0.2, 0.25) is 26.6 Å². The normalized spacial score (nSPS) is 11.2. The molecule has 0 radical (unpaired) electrons. The van der Waals surface area contributed by atoms with Crippen molar-refractivity contribution < 1.29 is 27.5 Å². The van der Waals surface area contributed by atoms with Gasteiger partial charge in [-0.05, 0) is 12.1 Å². The molecule has 1 rings (SSSR count). The number of hydrogen-bond donors (Lipinski definition) is 2. The molecule has 0 saturated carbocycles. The number of carboxylic acids is 1. The number of sulfone groups is 1. The molecule has 0 aliphatic rings. The van der Waals surface area contributed by atoms with E-state index in [0.717, 1.165) is 12.1 Å². The molecule has 0 unspecified atom stereocenters. The summed E-state index contributed by atoms with van der Waals surface area (Å²) in [7, 11) is -3.98. The lowest BCUT2D eigenvalue weighted by atomic mass is 10.5. The van der Waals surface area contributed by atoms with E-state index < -0.39 is 38.3 Å². The van der Waals surface area contributed by atoms with Gasteiger partial charge in [0.05, 0.1) is 0 Å². The molecular formula is C7H7NO6S. The first-order chi connectivity index (χ1) is 6.83. The number of rotatable bonds is 4. The number of primary amides is 1. The van der Waals surface area contributed by atoms with Gasteiger partial charge >= 0.3 is 5.97 Å². The summed E-state index contributed by atoms with van der Waals surface area (Å²) < 4.78 is 27.1. The second-order valence-corrected chi connectivity index (χ2v) is 4.57. The van der Waals surface area contributed by atoms with Gasteiger partial charge in [-0.3, -0.25) is 4.79 Å². The minimum Gasteiger partial charge on any atom is -0.475 e. The number of carbonyl (C=O) groups is 2. The van der Waals surface area contributed by atoms with Crippen LogP contribution in [0.15, 0.2) is 21.6 Å². The van der Waals surface area contributed by atoms with E-state index in [1.54, 1.807) is 0 Å². The molecule has 15 heavy (non-hydrogen) atoms. The zero-order chi connectivity index (χ0) is 11.6. The summed E-state index contributed by atoms with van der Waals surface area (Å²) in [6.07, 6.45) is 0. The summed E-state index contributed by atoms with van der Waals surface area (Å²) in [6, 6.07) is 1.94. The minimum atomic E-state index is -3.98. The van der Waals surface area contributed by atoms with Crippen LogP contribution >= 0.6 is 0 Å². The zero-order valence-electron chi connectivity index (χ0n) is 7.34. The Hall–Kier alpha value is -1.83. The number of amides is 1. The van der Waals surface area contributed by atoms with Gasteiger partial charge in [0.15, 0.2) is 0 Å². The number of furan rings is 1. The lowest BCUT2D eigenvalue weighted by Crippen LogP contribution is -2.22. The molecule has 0 spiro atoms. The molecule has 1 aromatic heterocycles. The molecule has 0 bridgehead atoms. The zero-order valence-corrected chi connectivity index (χ0v) is 8.15. The molecule has 0 aliphatic heterocycles. The highest BCUT2D eigenvalue weighted by atomic mass is 32.2. The molecule has 0 aliphatic carbocycles. The topological polar surface area (TPSA) is 128 Å². The van der Waals surface area contributed by atoms with Crippen LogP contribution in [0.4, 0.5) is 0 Å². The lowest BCUT2D eigenvalue weighted by Gasteiger charge is -1.96. The average molecular weight is 233 g/mol. The van der Waals surface area contributed by atoms with Gasteiger partial charge < -0.3 is 15.3 Å². The second kappa shape index (κ2) is 3.73. The Bertz CT molecular complexity index is 499. The smallest absolute Gasteiger partial charge is 0.371 e. The summed E-state index contributed by atoms with van der Waals surface area (Å²) >= 11 is 0. The molecule has 0 saturated heterocycles. The molecule has 1 heterocycles. The van der Waals surface area contributed by atoms with E-state index in [-0.39, 0.29) is 0 Å². The maximum Gasteiger partial charge on any atom is 0.371 e. The van der Waals surface area contributed by atoms with Gasteiger partial charge in [-0.1, -0.05) is 0 Å². The third-order valence-electron chi connectivity index (χ3n) is 1.43. The maximum absolute atomic E-state index is 11.3. The number of carboxylic acid groups (broad SMARTS) is 1. The van der Waals surface area contributed by atoms with Crippen molar-refractivity contribution in [2.45, 2.75) is 5.09 Å². The van der Waals surface area contributed by atoms with E-state index in [2.05, 4.69) is 4.42 Å². The van der Waals surface area contributed by atoms with Crippen LogP contribution in [0.3, 0.4) is 0 Å². The van der Waals surface area contributed by atoms with Crippen LogP contribution in [-0.2, 0) is 14.6 Å². The van der Waals surface area contributed by atoms with Crippen LogP contribution in [0.1, 0.15) is 10.6 Å². The van der Waals surface area contributed by atoms with Crippen LogP contribution in [0.5, 0.6) is 0 Å². The van der Waals surface area contributed by atoms with Crippen LogP contribution in [0.25, 0.3) is 0 Å². The number of nitrogens with two attached hydrogens (primary N) is 1. The van der Waals surface area contributed by atoms with Gasteiger partial charge in [0.1, 0.15) is 5.75 Å². The number of hydrogen-bond acceptors (Lipinski definition) is 5. The van der Waals surface area contributed by atoms with Crippen molar-refractivity contribution in [1.82, 2.24) is 0 Å². The molecule has 1 amide bonds. The monoisotopic (exact) mass is 233 g/mol. The molecule has 1 aromatic rings. The van der Waals surface area contributed by atoms with E-state index in [4.69, 9.17) is 10.8 Å². The second-order valence-electron chi connectivity index (χ2n) is 2.65. The van der Waals surface area contributed by atoms with Crippen molar-refractivity contribution in [1.29, 1.82) is 0 Å². The van der Waals surface area contributed by atoms with Crippen molar-refractivity contribution in [3.8, 4) is 0 Å². The van der Waals surface area contributed by atoms with Gasteiger partial charge in [-0.2, -0.15) is 0 Å². The van der Waals surface area contributed by atoms with E-state index in [1.807, 2.05) is 0 Å². The first-order valence-electron chi connectivity index (χ1n) is 3.67. The van der Waals surface area contributed by atoms with E-state index in [1.165, 1.54) is 0 Å². The Morgan fingerprint density at radius 3 is 2.40 bits per heavy atom. The lowest BCUT2D eigenvalue weighted by molar-refractivity contribution is -0.115. The predicted octanol–water partition coefficient (Wildman–Crippen LogP) is -0.763. The quantitative estimate of drug-likeness (QED) is 0.703. The van der Waals surface area contributed by atoms with Gasteiger partial charge in [0, 0.05) is 0 Å². The van der Waals surface area contributed by atoms with Crippen molar-refractivity contribution in [2.75, 3.05) is 5.75 Å². The Morgan fingerprint density at radius 1 is 1.40 bits per heavy atom. The van der Waals surface area contributed by atoms with Crippen LogP contribution < -0.4 is 5.73 Å². The predicted molar refractivity (Wildman–Crippen MR) is 46.9 cm³/mol. The fraction of sp³-hybridized carbons (Fsp3) is 0.143. The summed E-state index contributed by atoms with van der Waals surface area (Å²) in [5, 5.41) is 7.88. The Labute approximate surface area is 84.4 Å². The van der Waals surface area contributed by atoms with Crippen LogP contribution in [-0.4, -0.2) is 31.2 Å². The molecule has 0 atom stereocenters. The molecule has 8 heteroatoms. The molecule has 82 valence electrons.